The fourth-order valence-electron chi connectivity index (χ4n) is 2.43. The molecule has 1 fully saturated rings. The maximum absolute atomic E-state index is 10.7. The Morgan fingerprint density at radius 2 is 2.11 bits per heavy atom. The van der Waals surface area contributed by atoms with E-state index in [4.69, 9.17) is 5.11 Å². The highest BCUT2D eigenvalue weighted by Crippen LogP contribution is 2.22. The molecule has 1 aromatic rings. The average molecular weight is 250 g/mol. The standard InChI is InChI=1S/C13H18N2O3/c16-10-13(14-12(17)18)6-7-15(9-13)8-11-4-2-1-3-5-11/h1-5,14,16H,6-10H2,(H,17,18)/t13-/m1/s1. The zero-order chi connectivity index (χ0) is 13.0. The molecule has 0 bridgehead atoms. The van der Waals surface area contributed by atoms with Crippen molar-refractivity contribution >= 4 is 6.09 Å². The molecule has 0 unspecified atom stereocenters. The van der Waals surface area contributed by atoms with E-state index in [0.717, 1.165) is 13.1 Å². The van der Waals surface area contributed by atoms with Crippen LogP contribution in [0, 0.1) is 0 Å². The first-order valence-electron chi connectivity index (χ1n) is 6.02. The number of likely N-dealkylation sites (tertiary alicyclic amines) is 1. The van der Waals surface area contributed by atoms with E-state index in [2.05, 4.69) is 10.2 Å². The van der Waals surface area contributed by atoms with Gasteiger partial charge in [-0.25, -0.2) is 4.79 Å². The third-order valence-electron chi connectivity index (χ3n) is 3.36. The highest BCUT2D eigenvalue weighted by molar-refractivity contribution is 5.65. The number of hydrogen-bond donors (Lipinski definition) is 3. The van der Waals surface area contributed by atoms with Crippen molar-refractivity contribution in [3.8, 4) is 0 Å². The van der Waals surface area contributed by atoms with Gasteiger partial charge in [-0.3, -0.25) is 4.90 Å². The molecule has 0 saturated carbocycles. The number of nitrogens with zero attached hydrogens (tertiary/aromatic N) is 1. The number of amides is 1. The van der Waals surface area contributed by atoms with Crippen LogP contribution in [0.3, 0.4) is 0 Å². The fraction of sp³-hybridized carbons (Fsp3) is 0.462. The molecule has 18 heavy (non-hydrogen) atoms. The summed E-state index contributed by atoms with van der Waals surface area (Å²) in [6.45, 7) is 1.95. The molecule has 1 amide bonds. The first-order valence-corrected chi connectivity index (χ1v) is 6.02. The molecule has 98 valence electrons. The highest BCUT2D eigenvalue weighted by Gasteiger charge is 2.38. The first-order chi connectivity index (χ1) is 8.63. The molecule has 1 aliphatic heterocycles. The third kappa shape index (κ3) is 3.00. The number of hydrogen-bond acceptors (Lipinski definition) is 3. The molecule has 0 spiro atoms. The van der Waals surface area contributed by atoms with Gasteiger partial charge in [-0.2, -0.15) is 0 Å². The second-order valence-corrected chi connectivity index (χ2v) is 4.81. The summed E-state index contributed by atoms with van der Waals surface area (Å²) in [5.74, 6) is 0. The summed E-state index contributed by atoms with van der Waals surface area (Å²) in [7, 11) is 0. The Kier molecular flexibility index (Phi) is 3.84. The highest BCUT2D eigenvalue weighted by atomic mass is 16.4. The number of carboxylic acid groups (broad SMARTS) is 1. The summed E-state index contributed by atoms with van der Waals surface area (Å²) in [6, 6.07) is 10.0. The monoisotopic (exact) mass is 250 g/mol. The number of carbonyl (C=O) groups is 1. The lowest BCUT2D eigenvalue weighted by atomic mass is 10.0. The number of aliphatic hydroxyl groups excluding tert-OH is 1. The van der Waals surface area contributed by atoms with E-state index in [1.807, 2.05) is 30.3 Å². The Labute approximate surface area is 106 Å². The van der Waals surface area contributed by atoms with Crippen molar-refractivity contribution in [3.05, 3.63) is 35.9 Å². The van der Waals surface area contributed by atoms with Crippen LogP contribution < -0.4 is 5.32 Å². The van der Waals surface area contributed by atoms with Gasteiger partial charge in [0.1, 0.15) is 0 Å². The molecular formula is C13H18N2O3. The Morgan fingerprint density at radius 3 is 2.72 bits per heavy atom. The lowest BCUT2D eigenvalue weighted by Crippen LogP contribution is -2.52. The van der Waals surface area contributed by atoms with E-state index in [-0.39, 0.29) is 6.61 Å². The predicted octanol–water partition coefficient (Wildman–Crippen LogP) is 0.891. The normalized spacial score (nSPS) is 24.1. The van der Waals surface area contributed by atoms with E-state index >= 15 is 0 Å². The quantitative estimate of drug-likeness (QED) is 0.742. The van der Waals surface area contributed by atoms with Crippen molar-refractivity contribution in [1.29, 1.82) is 0 Å². The van der Waals surface area contributed by atoms with Crippen molar-refractivity contribution < 1.29 is 15.0 Å². The lowest BCUT2D eigenvalue weighted by Gasteiger charge is -2.27. The van der Waals surface area contributed by atoms with Crippen LogP contribution in [0.15, 0.2) is 30.3 Å². The molecule has 3 N–H and O–H groups in total. The van der Waals surface area contributed by atoms with Gasteiger partial charge in [-0.1, -0.05) is 30.3 Å². The molecule has 5 heteroatoms. The van der Waals surface area contributed by atoms with Crippen molar-refractivity contribution in [2.24, 2.45) is 0 Å². The maximum atomic E-state index is 10.7. The second-order valence-electron chi connectivity index (χ2n) is 4.81. The molecule has 1 aromatic carbocycles. The first kappa shape index (κ1) is 12.9. The number of nitrogens with one attached hydrogen (secondary N) is 1. The lowest BCUT2D eigenvalue weighted by molar-refractivity contribution is 0.138. The minimum Gasteiger partial charge on any atom is -0.465 e. The molecular weight excluding hydrogens is 232 g/mol. The minimum absolute atomic E-state index is 0.162. The summed E-state index contributed by atoms with van der Waals surface area (Å²) < 4.78 is 0. The van der Waals surface area contributed by atoms with Crippen LogP contribution in [-0.4, -0.2) is 46.4 Å². The average Bonchev–Trinajstić information content (AvgIpc) is 2.73. The van der Waals surface area contributed by atoms with Crippen molar-refractivity contribution in [3.63, 3.8) is 0 Å². The van der Waals surface area contributed by atoms with Gasteiger partial charge < -0.3 is 15.5 Å². The van der Waals surface area contributed by atoms with E-state index in [0.29, 0.717) is 13.0 Å². The van der Waals surface area contributed by atoms with Gasteiger partial charge in [0.05, 0.1) is 12.1 Å². The summed E-state index contributed by atoms with van der Waals surface area (Å²) in [6.07, 6.45) is -0.437. The molecule has 2 rings (SSSR count). The fourth-order valence-corrected chi connectivity index (χ4v) is 2.43. The molecule has 1 heterocycles. The largest absolute Gasteiger partial charge is 0.465 e. The van der Waals surface area contributed by atoms with Crippen LogP contribution in [0.5, 0.6) is 0 Å². The molecule has 0 aliphatic carbocycles. The zero-order valence-corrected chi connectivity index (χ0v) is 10.2. The number of rotatable bonds is 4. The van der Waals surface area contributed by atoms with Crippen molar-refractivity contribution in [2.75, 3.05) is 19.7 Å². The third-order valence-corrected chi connectivity index (χ3v) is 3.36. The predicted molar refractivity (Wildman–Crippen MR) is 67.3 cm³/mol. The molecule has 0 aromatic heterocycles. The van der Waals surface area contributed by atoms with Crippen LogP contribution in [-0.2, 0) is 6.54 Å². The number of aliphatic hydroxyl groups is 1. The van der Waals surface area contributed by atoms with Gasteiger partial charge in [0.2, 0.25) is 0 Å². The molecule has 1 atom stereocenters. The van der Waals surface area contributed by atoms with Gasteiger partial charge >= 0.3 is 6.09 Å². The van der Waals surface area contributed by atoms with Crippen LogP contribution in [0.2, 0.25) is 0 Å². The molecule has 1 saturated heterocycles. The Hall–Kier alpha value is -1.59. The summed E-state index contributed by atoms with van der Waals surface area (Å²) in [4.78, 5) is 12.9. The van der Waals surface area contributed by atoms with Gasteiger partial charge in [-0.15, -0.1) is 0 Å². The minimum atomic E-state index is -1.08. The topological polar surface area (TPSA) is 72.8 Å². The smallest absolute Gasteiger partial charge is 0.405 e. The van der Waals surface area contributed by atoms with Crippen LogP contribution in [0.1, 0.15) is 12.0 Å². The van der Waals surface area contributed by atoms with Gasteiger partial charge in [0, 0.05) is 19.6 Å². The Morgan fingerprint density at radius 1 is 1.39 bits per heavy atom. The van der Waals surface area contributed by atoms with Crippen molar-refractivity contribution in [2.45, 2.75) is 18.5 Å². The number of benzene rings is 1. The zero-order valence-electron chi connectivity index (χ0n) is 10.2. The van der Waals surface area contributed by atoms with Gasteiger partial charge in [0.15, 0.2) is 0 Å². The molecule has 5 nitrogen and oxygen atoms in total. The summed E-state index contributed by atoms with van der Waals surface area (Å²) in [5, 5.41) is 20.6. The molecule has 1 aliphatic rings. The maximum Gasteiger partial charge on any atom is 0.405 e. The van der Waals surface area contributed by atoms with E-state index in [1.165, 1.54) is 5.56 Å². The SMILES string of the molecule is O=C(O)N[C@]1(CO)CCN(Cc2ccccc2)C1. The van der Waals surface area contributed by atoms with Gasteiger partial charge in [0.25, 0.3) is 0 Å². The summed E-state index contributed by atoms with van der Waals surface area (Å²) >= 11 is 0. The van der Waals surface area contributed by atoms with Crippen LogP contribution in [0.4, 0.5) is 4.79 Å². The Bertz CT molecular complexity index is 410. The van der Waals surface area contributed by atoms with E-state index < -0.39 is 11.6 Å². The van der Waals surface area contributed by atoms with Gasteiger partial charge in [-0.05, 0) is 12.0 Å². The summed E-state index contributed by atoms with van der Waals surface area (Å²) in [5.41, 5.74) is 0.488. The Balaban J connectivity index is 1.97. The van der Waals surface area contributed by atoms with Crippen LogP contribution >= 0.6 is 0 Å². The van der Waals surface area contributed by atoms with E-state index in [9.17, 15) is 9.90 Å². The van der Waals surface area contributed by atoms with E-state index in [1.54, 1.807) is 0 Å². The van der Waals surface area contributed by atoms with Crippen molar-refractivity contribution in [1.82, 2.24) is 10.2 Å². The van der Waals surface area contributed by atoms with Crippen LogP contribution in [0.25, 0.3) is 0 Å². The second kappa shape index (κ2) is 5.37. The molecule has 0 radical (unpaired) electrons.